The second-order valence-electron chi connectivity index (χ2n) is 6.11. The minimum Gasteiger partial charge on any atom is -0.321 e. The van der Waals surface area contributed by atoms with Crippen LogP contribution in [0.4, 0.5) is 0 Å². The first-order valence-corrected chi connectivity index (χ1v) is 8.36. The number of fused-ring (bicyclic) bond motifs is 3. The van der Waals surface area contributed by atoms with Gasteiger partial charge in [-0.05, 0) is 36.6 Å². The standard InChI is InChI=1S/C20H19N3O/c1-2-3-6-14-9-11-15(12-10-14)23-13-17-19(22-23)16-7-4-5-8-18(16)21-20(17)24/h4-5,7-13H,2-3,6H2,1H3,(H,21,24). The predicted molar refractivity (Wildman–Crippen MR) is 97.8 cm³/mol. The quantitative estimate of drug-likeness (QED) is 0.613. The second kappa shape index (κ2) is 5.96. The summed E-state index contributed by atoms with van der Waals surface area (Å²) in [5, 5.41) is 6.24. The molecule has 0 aliphatic carbocycles. The lowest BCUT2D eigenvalue weighted by Gasteiger charge is -2.03. The lowest BCUT2D eigenvalue weighted by molar-refractivity contribution is 0.794. The summed E-state index contributed by atoms with van der Waals surface area (Å²) in [6, 6.07) is 16.2. The third kappa shape index (κ3) is 2.50. The highest BCUT2D eigenvalue weighted by Gasteiger charge is 2.10. The lowest BCUT2D eigenvalue weighted by Crippen LogP contribution is -2.04. The highest BCUT2D eigenvalue weighted by molar-refractivity contribution is 6.02. The Morgan fingerprint density at radius 2 is 1.83 bits per heavy atom. The number of nitrogens with zero attached hydrogens (tertiary/aromatic N) is 2. The van der Waals surface area contributed by atoms with Crippen LogP contribution in [-0.2, 0) is 6.42 Å². The number of aryl methyl sites for hydroxylation is 1. The minimum atomic E-state index is -0.102. The second-order valence-corrected chi connectivity index (χ2v) is 6.11. The highest BCUT2D eigenvalue weighted by Crippen LogP contribution is 2.21. The summed E-state index contributed by atoms with van der Waals surface area (Å²) in [5.41, 5.74) is 3.75. The van der Waals surface area contributed by atoms with Crippen molar-refractivity contribution in [3.05, 3.63) is 70.6 Å². The van der Waals surface area contributed by atoms with Gasteiger partial charge in [0.25, 0.3) is 5.56 Å². The third-order valence-electron chi connectivity index (χ3n) is 4.41. The van der Waals surface area contributed by atoms with Gasteiger partial charge in [0.2, 0.25) is 0 Å². The smallest absolute Gasteiger partial charge is 0.259 e. The van der Waals surface area contributed by atoms with E-state index >= 15 is 0 Å². The molecule has 2 heterocycles. The van der Waals surface area contributed by atoms with Gasteiger partial charge in [0.15, 0.2) is 0 Å². The lowest BCUT2D eigenvalue weighted by atomic mass is 10.1. The zero-order valence-electron chi connectivity index (χ0n) is 13.6. The van der Waals surface area contributed by atoms with E-state index in [1.165, 1.54) is 18.4 Å². The number of nitrogens with one attached hydrogen (secondary N) is 1. The molecule has 4 aromatic rings. The van der Waals surface area contributed by atoms with E-state index in [1.54, 1.807) is 4.68 Å². The molecule has 0 amide bonds. The molecular weight excluding hydrogens is 298 g/mol. The fourth-order valence-electron chi connectivity index (χ4n) is 3.06. The molecule has 0 aliphatic heterocycles. The summed E-state index contributed by atoms with van der Waals surface area (Å²) < 4.78 is 1.79. The molecule has 0 atom stereocenters. The van der Waals surface area contributed by atoms with Crippen molar-refractivity contribution in [3.8, 4) is 5.69 Å². The summed E-state index contributed by atoms with van der Waals surface area (Å²) in [7, 11) is 0. The monoisotopic (exact) mass is 317 g/mol. The van der Waals surface area contributed by atoms with E-state index in [2.05, 4.69) is 41.3 Å². The van der Waals surface area contributed by atoms with Gasteiger partial charge in [-0.2, -0.15) is 5.10 Å². The Morgan fingerprint density at radius 3 is 2.62 bits per heavy atom. The molecule has 0 radical (unpaired) electrons. The first-order chi connectivity index (χ1) is 11.8. The van der Waals surface area contributed by atoms with Gasteiger partial charge in [-0.25, -0.2) is 4.68 Å². The van der Waals surface area contributed by atoms with E-state index < -0.39 is 0 Å². The Balaban J connectivity index is 1.81. The van der Waals surface area contributed by atoms with Crippen molar-refractivity contribution in [2.75, 3.05) is 0 Å². The van der Waals surface area contributed by atoms with Crippen molar-refractivity contribution in [1.82, 2.24) is 14.8 Å². The van der Waals surface area contributed by atoms with Gasteiger partial charge in [-0.1, -0.05) is 43.7 Å². The van der Waals surface area contributed by atoms with Gasteiger partial charge in [-0.15, -0.1) is 0 Å². The van der Waals surface area contributed by atoms with Crippen molar-refractivity contribution in [1.29, 1.82) is 0 Å². The number of rotatable bonds is 4. The van der Waals surface area contributed by atoms with Crippen molar-refractivity contribution in [3.63, 3.8) is 0 Å². The number of unbranched alkanes of at least 4 members (excludes halogenated alkanes) is 1. The van der Waals surface area contributed by atoms with Crippen molar-refractivity contribution in [2.24, 2.45) is 0 Å². The molecule has 0 spiro atoms. The van der Waals surface area contributed by atoms with Crippen LogP contribution in [0.15, 0.2) is 59.5 Å². The van der Waals surface area contributed by atoms with Crippen LogP contribution in [0.1, 0.15) is 25.3 Å². The van der Waals surface area contributed by atoms with Gasteiger partial charge in [0.05, 0.1) is 16.6 Å². The molecule has 24 heavy (non-hydrogen) atoms. The molecule has 120 valence electrons. The summed E-state index contributed by atoms with van der Waals surface area (Å²) in [6.07, 6.45) is 5.30. The number of aromatic amines is 1. The van der Waals surface area contributed by atoms with Gasteiger partial charge in [0, 0.05) is 11.6 Å². The fourth-order valence-corrected chi connectivity index (χ4v) is 3.06. The molecule has 1 N–H and O–H groups in total. The Bertz CT molecular complexity index is 1060. The number of hydrogen-bond acceptors (Lipinski definition) is 2. The topological polar surface area (TPSA) is 50.7 Å². The largest absolute Gasteiger partial charge is 0.321 e. The Hall–Kier alpha value is -2.88. The van der Waals surface area contributed by atoms with Crippen molar-refractivity contribution >= 4 is 21.8 Å². The first-order valence-electron chi connectivity index (χ1n) is 8.36. The van der Waals surface area contributed by atoms with E-state index in [0.717, 1.165) is 28.5 Å². The molecule has 4 heteroatoms. The fraction of sp³-hybridized carbons (Fsp3) is 0.200. The number of benzene rings is 2. The average Bonchev–Trinajstić information content (AvgIpc) is 3.07. The average molecular weight is 317 g/mol. The molecule has 0 bridgehead atoms. The molecule has 0 unspecified atom stereocenters. The molecule has 0 fully saturated rings. The first kappa shape index (κ1) is 14.7. The van der Waals surface area contributed by atoms with Crippen LogP contribution in [0.25, 0.3) is 27.5 Å². The summed E-state index contributed by atoms with van der Waals surface area (Å²) in [6.45, 7) is 2.20. The maximum absolute atomic E-state index is 12.3. The number of pyridine rings is 1. The third-order valence-corrected chi connectivity index (χ3v) is 4.41. The molecule has 2 aromatic carbocycles. The number of H-pyrrole nitrogens is 1. The Kier molecular flexibility index (Phi) is 3.65. The maximum Gasteiger partial charge on any atom is 0.259 e. The van der Waals surface area contributed by atoms with Gasteiger partial charge in [-0.3, -0.25) is 4.79 Å². The zero-order valence-corrected chi connectivity index (χ0v) is 13.6. The normalized spacial score (nSPS) is 11.4. The van der Waals surface area contributed by atoms with Crippen molar-refractivity contribution < 1.29 is 0 Å². The van der Waals surface area contributed by atoms with Crippen LogP contribution in [0.3, 0.4) is 0 Å². The highest BCUT2D eigenvalue weighted by atomic mass is 16.1. The van der Waals surface area contributed by atoms with Crippen LogP contribution in [-0.4, -0.2) is 14.8 Å². The molecule has 0 saturated heterocycles. The molecule has 4 rings (SSSR count). The predicted octanol–water partition coefficient (Wildman–Crippen LogP) is 4.21. The van der Waals surface area contributed by atoms with Gasteiger partial charge in [0.1, 0.15) is 5.52 Å². The SMILES string of the molecule is CCCCc1ccc(-n2cc3c(=O)[nH]c4ccccc4c3n2)cc1. The van der Waals surface area contributed by atoms with Crippen LogP contribution >= 0.6 is 0 Å². The van der Waals surface area contributed by atoms with E-state index in [-0.39, 0.29) is 5.56 Å². The van der Waals surface area contributed by atoms with Crippen LogP contribution in [0, 0.1) is 0 Å². The van der Waals surface area contributed by atoms with Crippen LogP contribution in [0.2, 0.25) is 0 Å². The van der Waals surface area contributed by atoms with E-state index in [9.17, 15) is 4.79 Å². The molecule has 2 aromatic heterocycles. The summed E-state index contributed by atoms with van der Waals surface area (Å²) in [5.74, 6) is 0. The van der Waals surface area contributed by atoms with E-state index in [0.29, 0.717) is 5.39 Å². The van der Waals surface area contributed by atoms with Crippen LogP contribution < -0.4 is 5.56 Å². The molecule has 0 aliphatic rings. The van der Waals surface area contributed by atoms with Crippen molar-refractivity contribution in [2.45, 2.75) is 26.2 Å². The van der Waals surface area contributed by atoms with Gasteiger partial charge >= 0.3 is 0 Å². The minimum absolute atomic E-state index is 0.102. The van der Waals surface area contributed by atoms with E-state index in [4.69, 9.17) is 0 Å². The van der Waals surface area contributed by atoms with Gasteiger partial charge < -0.3 is 4.98 Å². The molecule has 0 saturated carbocycles. The summed E-state index contributed by atoms with van der Waals surface area (Å²) in [4.78, 5) is 15.2. The molecular formula is C20H19N3O. The number of hydrogen-bond donors (Lipinski definition) is 1. The van der Waals surface area contributed by atoms with E-state index in [1.807, 2.05) is 30.5 Å². The molecule has 4 nitrogen and oxygen atoms in total. The van der Waals surface area contributed by atoms with Crippen LogP contribution in [0.5, 0.6) is 0 Å². The zero-order chi connectivity index (χ0) is 16.5. The number of aromatic nitrogens is 3. The maximum atomic E-state index is 12.3. The number of para-hydroxylation sites is 1. The Morgan fingerprint density at radius 1 is 1.04 bits per heavy atom. The summed E-state index contributed by atoms with van der Waals surface area (Å²) >= 11 is 0. The Labute approximate surface area is 139 Å².